The first-order chi connectivity index (χ1) is 9.49. The molecule has 0 heterocycles. The highest BCUT2D eigenvalue weighted by molar-refractivity contribution is 5.97. The smallest absolute Gasteiger partial charge is 0.130 e. The molecular formula is C17H26N2O. The zero-order valence-electron chi connectivity index (χ0n) is 12.7. The minimum Gasteiger partial charge on any atom is -0.489 e. The molecule has 3 unspecified atom stereocenters. The van der Waals surface area contributed by atoms with Crippen LogP contribution in [0.5, 0.6) is 5.75 Å². The van der Waals surface area contributed by atoms with E-state index in [0.29, 0.717) is 23.3 Å². The number of amidine groups is 1. The van der Waals surface area contributed by atoms with Crippen LogP contribution >= 0.6 is 0 Å². The summed E-state index contributed by atoms with van der Waals surface area (Å²) in [6.07, 6.45) is 3.84. The number of nitrogens with one attached hydrogen (secondary N) is 1. The van der Waals surface area contributed by atoms with E-state index in [9.17, 15) is 0 Å². The van der Waals surface area contributed by atoms with Gasteiger partial charge in [0.1, 0.15) is 17.7 Å². The molecule has 3 N–H and O–H groups in total. The second-order valence-electron chi connectivity index (χ2n) is 6.39. The third-order valence-corrected chi connectivity index (χ3v) is 4.42. The summed E-state index contributed by atoms with van der Waals surface area (Å²) >= 11 is 0. The topological polar surface area (TPSA) is 59.1 Å². The first-order valence-electron chi connectivity index (χ1n) is 7.59. The maximum atomic E-state index is 7.67. The Morgan fingerprint density at radius 1 is 1.30 bits per heavy atom. The Balaban J connectivity index is 2.20. The average molecular weight is 274 g/mol. The molecule has 0 aliphatic heterocycles. The van der Waals surface area contributed by atoms with Crippen LogP contribution in [0.4, 0.5) is 0 Å². The number of hydrogen-bond donors (Lipinski definition) is 2. The summed E-state index contributed by atoms with van der Waals surface area (Å²) in [7, 11) is 0. The van der Waals surface area contributed by atoms with Crippen LogP contribution < -0.4 is 10.5 Å². The predicted octanol–water partition coefficient (Wildman–Crippen LogP) is 3.81. The normalized spacial score (nSPS) is 26.5. The summed E-state index contributed by atoms with van der Waals surface area (Å²) in [5, 5.41) is 7.67. The number of hydrogen-bond acceptors (Lipinski definition) is 2. The van der Waals surface area contributed by atoms with Crippen molar-refractivity contribution in [3.8, 4) is 5.75 Å². The molecule has 0 bridgehead atoms. The zero-order valence-corrected chi connectivity index (χ0v) is 12.7. The van der Waals surface area contributed by atoms with Crippen LogP contribution in [-0.2, 0) is 0 Å². The lowest BCUT2D eigenvalue weighted by molar-refractivity contribution is 0.0459. The van der Waals surface area contributed by atoms with E-state index in [2.05, 4.69) is 20.8 Å². The van der Waals surface area contributed by atoms with Crippen molar-refractivity contribution in [2.45, 2.75) is 46.1 Å². The summed E-state index contributed by atoms with van der Waals surface area (Å²) < 4.78 is 6.27. The molecule has 0 saturated heterocycles. The van der Waals surface area contributed by atoms with Gasteiger partial charge in [0.2, 0.25) is 0 Å². The molecule has 1 fully saturated rings. The van der Waals surface area contributed by atoms with Crippen molar-refractivity contribution in [2.24, 2.45) is 23.5 Å². The molecule has 0 radical (unpaired) electrons. The van der Waals surface area contributed by atoms with Crippen LogP contribution in [0, 0.1) is 23.2 Å². The summed E-state index contributed by atoms with van der Waals surface area (Å²) in [6.45, 7) is 6.84. The van der Waals surface area contributed by atoms with Crippen LogP contribution in [0.2, 0.25) is 0 Å². The monoisotopic (exact) mass is 274 g/mol. The van der Waals surface area contributed by atoms with E-state index in [1.54, 1.807) is 0 Å². The molecular weight excluding hydrogens is 248 g/mol. The van der Waals surface area contributed by atoms with Crippen molar-refractivity contribution < 1.29 is 4.74 Å². The number of benzene rings is 1. The van der Waals surface area contributed by atoms with Crippen molar-refractivity contribution in [3.63, 3.8) is 0 Å². The van der Waals surface area contributed by atoms with Crippen molar-refractivity contribution in [1.82, 2.24) is 0 Å². The van der Waals surface area contributed by atoms with Crippen molar-refractivity contribution in [2.75, 3.05) is 0 Å². The molecule has 1 saturated carbocycles. The molecule has 20 heavy (non-hydrogen) atoms. The Morgan fingerprint density at radius 2 is 2.00 bits per heavy atom. The number of rotatable bonds is 4. The Hall–Kier alpha value is -1.51. The third-order valence-electron chi connectivity index (χ3n) is 4.42. The quantitative estimate of drug-likeness (QED) is 0.648. The highest BCUT2D eigenvalue weighted by Gasteiger charge is 2.32. The highest BCUT2D eigenvalue weighted by atomic mass is 16.5. The fourth-order valence-corrected chi connectivity index (χ4v) is 3.21. The lowest BCUT2D eigenvalue weighted by atomic mass is 9.75. The third kappa shape index (κ3) is 3.33. The van der Waals surface area contributed by atoms with Gasteiger partial charge in [0.05, 0.1) is 5.56 Å². The Bertz CT molecular complexity index is 470. The number of nitrogen functional groups attached to an aromatic ring is 1. The molecule has 3 heteroatoms. The van der Waals surface area contributed by atoms with Crippen LogP contribution in [0.15, 0.2) is 24.3 Å². The van der Waals surface area contributed by atoms with Gasteiger partial charge in [-0.3, -0.25) is 5.41 Å². The molecule has 1 aliphatic rings. The van der Waals surface area contributed by atoms with Gasteiger partial charge in [0.15, 0.2) is 0 Å². The molecule has 0 aromatic heterocycles. The van der Waals surface area contributed by atoms with Gasteiger partial charge in [-0.15, -0.1) is 0 Å². The lowest BCUT2D eigenvalue weighted by Gasteiger charge is -2.37. The summed E-state index contributed by atoms with van der Waals surface area (Å²) in [5.41, 5.74) is 6.35. The van der Waals surface area contributed by atoms with E-state index in [4.69, 9.17) is 15.9 Å². The van der Waals surface area contributed by atoms with Gasteiger partial charge in [-0.2, -0.15) is 0 Å². The maximum Gasteiger partial charge on any atom is 0.130 e. The number of para-hydroxylation sites is 1. The van der Waals surface area contributed by atoms with E-state index in [1.165, 1.54) is 12.8 Å². The van der Waals surface area contributed by atoms with E-state index >= 15 is 0 Å². The summed E-state index contributed by atoms with van der Waals surface area (Å²) in [4.78, 5) is 0. The standard InChI is InChI=1S/C17H26N2O/c1-11(2)13-9-8-12(3)10-16(13)20-15-7-5-4-6-14(15)17(18)19/h4-7,11-13,16H,8-10H2,1-3H3,(H3,18,19). The summed E-state index contributed by atoms with van der Waals surface area (Å²) in [6, 6.07) is 7.62. The molecule has 3 atom stereocenters. The fraction of sp³-hybridized carbons (Fsp3) is 0.588. The van der Waals surface area contributed by atoms with Gasteiger partial charge in [-0.1, -0.05) is 39.3 Å². The molecule has 0 amide bonds. The Kier molecular flexibility index (Phi) is 4.69. The maximum absolute atomic E-state index is 7.67. The van der Waals surface area contributed by atoms with Gasteiger partial charge in [-0.05, 0) is 42.7 Å². The molecule has 1 aromatic rings. The number of nitrogens with two attached hydrogens (primary N) is 1. The molecule has 1 aromatic carbocycles. The second kappa shape index (κ2) is 6.29. The van der Waals surface area contributed by atoms with Crippen molar-refractivity contribution in [1.29, 1.82) is 5.41 Å². The Morgan fingerprint density at radius 3 is 2.65 bits per heavy atom. The van der Waals surface area contributed by atoms with Gasteiger partial charge < -0.3 is 10.5 Å². The largest absolute Gasteiger partial charge is 0.489 e. The van der Waals surface area contributed by atoms with E-state index in [0.717, 1.165) is 12.2 Å². The van der Waals surface area contributed by atoms with Gasteiger partial charge in [-0.25, -0.2) is 0 Å². The van der Waals surface area contributed by atoms with E-state index in [-0.39, 0.29) is 11.9 Å². The predicted molar refractivity (Wildman–Crippen MR) is 83.2 cm³/mol. The molecule has 3 nitrogen and oxygen atoms in total. The second-order valence-corrected chi connectivity index (χ2v) is 6.39. The minimum absolute atomic E-state index is 0.0746. The molecule has 110 valence electrons. The average Bonchev–Trinajstić information content (AvgIpc) is 2.38. The van der Waals surface area contributed by atoms with Crippen molar-refractivity contribution >= 4 is 5.84 Å². The number of ether oxygens (including phenoxy) is 1. The zero-order chi connectivity index (χ0) is 14.7. The summed E-state index contributed by atoms with van der Waals surface area (Å²) in [5.74, 6) is 2.75. The minimum atomic E-state index is 0.0746. The van der Waals surface area contributed by atoms with Crippen LogP contribution in [0.1, 0.15) is 45.6 Å². The van der Waals surface area contributed by atoms with Gasteiger partial charge >= 0.3 is 0 Å². The van der Waals surface area contributed by atoms with E-state index < -0.39 is 0 Å². The van der Waals surface area contributed by atoms with Crippen LogP contribution in [0.25, 0.3) is 0 Å². The highest BCUT2D eigenvalue weighted by Crippen LogP contribution is 2.36. The SMILES string of the molecule is CC1CCC(C(C)C)C(Oc2ccccc2C(=N)N)C1. The fourth-order valence-electron chi connectivity index (χ4n) is 3.21. The molecule has 2 rings (SSSR count). The molecule has 1 aliphatic carbocycles. The first kappa shape index (κ1) is 14.9. The van der Waals surface area contributed by atoms with Gasteiger partial charge in [0, 0.05) is 0 Å². The van der Waals surface area contributed by atoms with Crippen molar-refractivity contribution in [3.05, 3.63) is 29.8 Å². The van der Waals surface area contributed by atoms with Gasteiger partial charge in [0.25, 0.3) is 0 Å². The molecule has 0 spiro atoms. The van der Waals surface area contributed by atoms with E-state index in [1.807, 2.05) is 24.3 Å². The lowest BCUT2D eigenvalue weighted by Crippen LogP contribution is -2.36. The first-order valence-corrected chi connectivity index (χ1v) is 7.59. The Labute approximate surface area is 122 Å². The van der Waals surface area contributed by atoms with Crippen LogP contribution in [-0.4, -0.2) is 11.9 Å². The van der Waals surface area contributed by atoms with Crippen LogP contribution in [0.3, 0.4) is 0 Å².